The van der Waals surface area contributed by atoms with Gasteiger partial charge >= 0.3 is 0 Å². The van der Waals surface area contributed by atoms with E-state index in [9.17, 15) is 16.8 Å². The zero-order valence-electron chi connectivity index (χ0n) is 19.3. The lowest BCUT2D eigenvalue weighted by Gasteiger charge is -2.35. The molecule has 9 nitrogen and oxygen atoms in total. The molecular weight excluding hydrogens is 474 g/mol. The molecule has 1 saturated heterocycles. The number of sulfone groups is 1. The van der Waals surface area contributed by atoms with Crippen LogP contribution in [0.2, 0.25) is 0 Å². The van der Waals surface area contributed by atoms with E-state index in [0.29, 0.717) is 25.9 Å². The van der Waals surface area contributed by atoms with Crippen molar-refractivity contribution in [2.75, 3.05) is 25.2 Å². The normalized spacial score (nSPS) is 25.1. The first-order valence-corrected chi connectivity index (χ1v) is 15.4. The van der Waals surface area contributed by atoms with E-state index in [-0.39, 0.29) is 23.1 Å². The van der Waals surface area contributed by atoms with Gasteiger partial charge < -0.3 is 4.98 Å². The van der Waals surface area contributed by atoms with E-state index in [1.807, 2.05) is 23.4 Å². The minimum absolute atomic E-state index is 0.00188. The number of hydrogen-bond acceptors (Lipinski definition) is 7. The van der Waals surface area contributed by atoms with Gasteiger partial charge in [0.2, 0.25) is 10.0 Å². The molecule has 11 heteroatoms. The summed E-state index contributed by atoms with van der Waals surface area (Å²) in [5, 5.41) is 1.81. The van der Waals surface area contributed by atoms with E-state index >= 15 is 0 Å². The van der Waals surface area contributed by atoms with Gasteiger partial charge in [0, 0.05) is 35.8 Å². The van der Waals surface area contributed by atoms with Crippen molar-refractivity contribution >= 4 is 41.8 Å². The van der Waals surface area contributed by atoms with E-state index in [0.717, 1.165) is 53.9 Å². The lowest BCUT2D eigenvalue weighted by molar-refractivity contribution is 0.228. The van der Waals surface area contributed by atoms with Crippen LogP contribution in [0, 0.1) is 0 Å². The lowest BCUT2D eigenvalue weighted by Crippen LogP contribution is -2.49. The number of pyridine rings is 2. The monoisotopic (exact) mass is 505 g/mol. The molecule has 184 valence electrons. The molecule has 1 aliphatic carbocycles. The Balaban J connectivity index is 1.27. The molecule has 2 fully saturated rings. The van der Waals surface area contributed by atoms with Crippen molar-refractivity contribution in [3.63, 3.8) is 0 Å². The van der Waals surface area contributed by atoms with Gasteiger partial charge in [0.15, 0.2) is 9.84 Å². The Bertz CT molecular complexity index is 1400. The maximum atomic E-state index is 13.2. The minimum atomic E-state index is -3.31. The largest absolute Gasteiger partial charge is 0.346 e. The molecule has 4 heterocycles. The second-order valence-electron chi connectivity index (χ2n) is 9.73. The standard InChI is InChI=1S/C23H31N5O4S2/c1-33(29,30)27-17-3-2-12-28(14-17)15-34(31,32)18-6-4-16(5-7-18)19-8-10-24-21-13-26-23-20(22(19)21)9-11-25-23/h8-11,13,16-18,27H,2-7,12,14-15H2,1H3,(H,25,26). The van der Waals surface area contributed by atoms with Gasteiger partial charge in [-0.25, -0.2) is 26.5 Å². The van der Waals surface area contributed by atoms with Crippen molar-refractivity contribution < 1.29 is 16.8 Å². The molecule has 2 aliphatic rings. The summed E-state index contributed by atoms with van der Waals surface area (Å²) in [5.74, 6) is 0.286. The molecule has 1 saturated carbocycles. The van der Waals surface area contributed by atoms with Crippen LogP contribution in [0.25, 0.3) is 21.9 Å². The molecule has 0 bridgehead atoms. The van der Waals surface area contributed by atoms with Crippen molar-refractivity contribution in [2.45, 2.75) is 55.7 Å². The van der Waals surface area contributed by atoms with Crippen LogP contribution in [0.15, 0.2) is 30.7 Å². The van der Waals surface area contributed by atoms with Crippen molar-refractivity contribution in [3.05, 3.63) is 36.3 Å². The van der Waals surface area contributed by atoms with E-state index < -0.39 is 19.9 Å². The van der Waals surface area contributed by atoms with Gasteiger partial charge in [-0.05, 0) is 68.7 Å². The first-order chi connectivity index (χ1) is 16.2. The zero-order valence-corrected chi connectivity index (χ0v) is 20.9. The summed E-state index contributed by atoms with van der Waals surface area (Å²) in [4.78, 5) is 14.0. The molecule has 0 spiro atoms. The predicted octanol–water partition coefficient (Wildman–Crippen LogP) is 2.52. The van der Waals surface area contributed by atoms with Crippen LogP contribution < -0.4 is 4.72 Å². The number of rotatable bonds is 6. The molecule has 3 aromatic heterocycles. The second-order valence-corrected chi connectivity index (χ2v) is 13.8. The summed E-state index contributed by atoms with van der Waals surface area (Å²) in [7, 11) is -6.61. The Morgan fingerprint density at radius 3 is 2.65 bits per heavy atom. The van der Waals surface area contributed by atoms with Gasteiger partial charge in [0.05, 0.1) is 23.2 Å². The van der Waals surface area contributed by atoms with Crippen LogP contribution in [0.4, 0.5) is 0 Å². The Labute approximate surface area is 200 Å². The van der Waals surface area contributed by atoms with Crippen molar-refractivity contribution in [2.24, 2.45) is 0 Å². The molecule has 0 amide bonds. The fraction of sp³-hybridized carbons (Fsp3) is 0.565. The Kier molecular flexibility index (Phi) is 6.38. The molecule has 2 N–H and O–H groups in total. The number of piperidine rings is 1. The molecule has 1 aliphatic heterocycles. The average molecular weight is 506 g/mol. The van der Waals surface area contributed by atoms with Gasteiger partial charge in [-0.2, -0.15) is 0 Å². The molecule has 34 heavy (non-hydrogen) atoms. The predicted molar refractivity (Wildman–Crippen MR) is 133 cm³/mol. The first kappa shape index (κ1) is 23.7. The fourth-order valence-electron chi connectivity index (χ4n) is 5.68. The van der Waals surface area contributed by atoms with Crippen molar-refractivity contribution in [1.82, 2.24) is 24.6 Å². The Morgan fingerprint density at radius 1 is 1.09 bits per heavy atom. The number of aromatic amines is 1. The first-order valence-electron chi connectivity index (χ1n) is 11.8. The molecular formula is C23H31N5O4S2. The summed E-state index contributed by atoms with van der Waals surface area (Å²) in [6.45, 7) is 1.12. The van der Waals surface area contributed by atoms with Crippen molar-refractivity contribution in [3.8, 4) is 0 Å². The highest BCUT2D eigenvalue weighted by Gasteiger charge is 2.34. The number of nitrogens with one attached hydrogen (secondary N) is 2. The molecule has 0 radical (unpaired) electrons. The van der Waals surface area contributed by atoms with E-state index in [4.69, 9.17) is 0 Å². The number of nitrogens with zero attached hydrogens (tertiary/aromatic N) is 3. The maximum Gasteiger partial charge on any atom is 0.208 e. The van der Waals surface area contributed by atoms with Crippen LogP contribution in [-0.2, 0) is 19.9 Å². The van der Waals surface area contributed by atoms with Crippen molar-refractivity contribution in [1.29, 1.82) is 0 Å². The summed E-state index contributed by atoms with van der Waals surface area (Å²) in [6.07, 6.45) is 11.1. The number of aromatic nitrogens is 3. The van der Waals surface area contributed by atoms with Crippen LogP contribution in [0.1, 0.15) is 50.0 Å². The number of hydrogen-bond donors (Lipinski definition) is 2. The summed E-state index contributed by atoms with van der Waals surface area (Å²) < 4.78 is 52.2. The number of sulfonamides is 1. The van der Waals surface area contributed by atoms with Gasteiger partial charge in [-0.3, -0.25) is 9.88 Å². The quantitative estimate of drug-likeness (QED) is 0.527. The molecule has 0 aromatic carbocycles. The van der Waals surface area contributed by atoms with E-state index in [2.05, 4.69) is 25.7 Å². The SMILES string of the molecule is CS(=O)(=O)NC1CCCN(CS(=O)(=O)C2CCC(c3ccnc4cnc5[nH]ccc5c34)CC2)C1. The Hall–Kier alpha value is -2.08. The second kappa shape index (κ2) is 9.18. The summed E-state index contributed by atoms with van der Waals surface area (Å²) in [5.41, 5.74) is 2.92. The van der Waals surface area contributed by atoms with Gasteiger partial charge in [0.1, 0.15) is 11.5 Å². The molecule has 1 unspecified atom stereocenters. The van der Waals surface area contributed by atoms with Gasteiger partial charge in [0.25, 0.3) is 0 Å². The fourth-order valence-corrected chi connectivity index (χ4v) is 8.43. The van der Waals surface area contributed by atoms with Gasteiger partial charge in [-0.1, -0.05) is 0 Å². The number of H-pyrrole nitrogens is 1. The smallest absolute Gasteiger partial charge is 0.208 e. The number of fused-ring (bicyclic) bond motifs is 3. The molecule has 1 atom stereocenters. The lowest BCUT2D eigenvalue weighted by atomic mass is 9.82. The third-order valence-electron chi connectivity index (χ3n) is 7.19. The highest BCUT2D eigenvalue weighted by molar-refractivity contribution is 7.92. The van der Waals surface area contributed by atoms with Crippen LogP contribution in [-0.4, -0.2) is 73.2 Å². The Morgan fingerprint density at radius 2 is 1.88 bits per heavy atom. The third kappa shape index (κ3) is 4.98. The van der Waals surface area contributed by atoms with E-state index in [1.54, 1.807) is 6.20 Å². The van der Waals surface area contributed by atoms with Crippen LogP contribution in [0.3, 0.4) is 0 Å². The zero-order chi connectivity index (χ0) is 23.9. The summed E-state index contributed by atoms with van der Waals surface area (Å²) >= 11 is 0. The topological polar surface area (TPSA) is 125 Å². The average Bonchev–Trinajstić information content (AvgIpc) is 3.27. The maximum absolute atomic E-state index is 13.2. The highest BCUT2D eigenvalue weighted by Crippen LogP contribution is 2.39. The number of likely N-dealkylation sites (tertiary alicyclic amines) is 1. The van der Waals surface area contributed by atoms with Crippen LogP contribution in [0.5, 0.6) is 0 Å². The van der Waals surface area contributed by atoms with Crippen LogP contribution >= 0.6 is 0 Å². The van der Waals surface area contributed by atoms with E-state index in [1.165, 1.54) is 5.56 Å². The van der Waals surface area contributed by atoms with Gasteiger partial charge in [-0.15, -0.1) is 0 Å². The minimum Gasteiger partial charge on any atom is -0.346 e. The highest BCUT2D eigenvalue weighted by atomic mass is 32.2. The third-order valence-corrected chi connectivity index (χ3v) is 10.2. The molecule has 3 aromatic rings. The molecule has 5 rings (SSSR count). The summed E-state index contributed by atoms with van der Waals surface area (Å²) in [6, 6.07) is 3.86.